The van der Waals surface area contributed by atoms with Gasteiger partial charge in [-0.05, 0) is 62.4 Å². The number of nitrogens with one attached hydrogen (secondary N) is 1. The molecular weight excluding hydrogens is 600 g/mol. The number of benzene rings is 3. The molecule has 0 radical (unpaired) electrons. The lowest BCUT2D eigenvalue weighted by atomic mass is 10.1. The predicted octanol–water partition coefficient (Wildman–Crippen LogP) is 2.29. The molecule has 0 saturated heterocycles. The Bertz CT molecular complexity index is 1380. The molecule has 0 bridgehead atoms. The number of ether oxygens (including phenoxy) is 3. The highest BCUT2D eigenvalue weighted by Crippen LogP contribution is 2.15. The first-order valence-corrected chi connectivity index (χ1v) is 14.2. The molecule has 0 aliphatic heterocycles. The fraction of sp³-hybridized carbons (Fsp3) is 0.303. The molecule has 0 unspecified atom stereocenters. The van der Waals surface area contributed by atoms with Crippen LogP contribution in [0.25, 0.3) is 0 Å². The minimum Gasteiger partial charge on any atom is -0.491 e. The third-order valence-corrected chi connectivity index (χ3v) is 6.18. The number of hydrogen-bond acceptors (Lipinski definition) is 10. The standard InChI is InChI=1S/C20H18O8.C13H20N2O3/c1-11-3-7-13(8-4-11)19(25)27-15(17(21)22)16(18(23)24)28-20(26)14-9-5-12(2)6-10-14;1-2-15-8-11(16)9-18-12-5-3-10(4-6-12)7-13(14)17/h3-10,15-16H,1-2H3,(H,21,22)(H,23,24);3-6,11,15-16H,2,7-9H2,1H3,(H2,14,17)/t15-,16+;11-/m.1/s1. The Morgan fingerprint density at radius 1 is 0.739 bits per heavy atom. The number of aryl methyl sites for hydroxylation is 2. The Kier molecular flexibility index (Phi) is 14.9. The van der Waals surface area contributed by atoms with E-state index in [4.69, 9.17) is 19.9 Å². The Labute approximate surface area is 265 Å². The number of primary amides is 1. The average molecular weight is 639 g/mol. The molecule has 246 valence electrons. The van der Waals surface area contributed by atoms with Gasteiger partial charge in [0.1, 0.15) is 18.5 Å². The zero-order chi connectivity index (χ0) is 34.2. The third-order valence-electron chi connectivity index (χ3n) is 6.18. The highest BCUT2D eigenvalue weighted by atomic mass is 16.6. The van der Waals surface area contributed by atoms with E-state index in [1.165, 1.54) is 24.3 Å². The summed E-state index contributed by atoms with van der Waals surface area (Å²) in [6.45, 7) is 7.13. The van der Waals surface area contributed by atoms with Crippen molar-refractivity contribution in [1.29, 1.82) is 0 Å². The summed E-state index contributed by atoms with van der Waals surface area (Å²) < 4.78 is 15.1. The van der Waals surface area contributed by atoms with Crippen molar-refractivity contribution < 1.29 is 53.5 Å². The first kappa shape index (κ1) is 36.9. The summed E-state index contributed by atoms with van der Waals surface area (Å²) in [5.74, 6) is -5.31. The number of nitrogens with two attached hydrogens (primary N) is 1. The van der Waals surface area contributed by atoms with E-state index in [-0.39, 0.29) is 30.1 Å². The molecule has 0 fully saturated rings. The topological polar surface area (TPSA) is 212 Å². The number of carbonyl (C=O) groups is 5. The first-order chi connectivity index (χ1) is 21.8. The number of aliphatic hydroxyl groups is 1. The predicted molar refractivity (Wildman–Crippen MR) is 165 cm³/mol. The van der Waals surface area contributed by atoms with E-state index >= 15 is 0 Å². The Hall–Kier alpha value is -5.27. The minimum absolute atomic E-state index is 0.0332. The summed E-state index contributed by atoms with van der Waals surface area (Å²) in [6.07, 6.45) is -4.75. The highest BCUT2D eigenvalue weighted by molar-refractivity contribution is 5.95. The number of amides is 1. The van der Waals surface area contributed by atoms with Crippen LogP contribution < -0.4 is 15.8 Å². The maximum atomic E-state index is 12.2. The van der Waals surface area contributed by atoms with Gasteiger partial charge in [-0.25, -0.2) is 19.2 Å². The van der Waals surface area contributed by atoms with Crippen LogP contribution in [0.2, 0.25) is 0 Å². The Morgan fingerprint density at radius 3 is 1.54 bits per heavy atom. The van der Waals surface area contributed by atoms with Gasteiger partial charge in [0.05, 0.1) is 17.5 Å². The van der Waals surface area contributed by atoms with Crippen molar-refractivity contribution in [3.05, 3.63) is 101 Å². The van der Waals surface area contributed by atoms with Crippen LogP contribution in [-0.2, 0) is 30.3 Å². The Morgan fingerprint density at radius 2 is 1.17 bits per heavy atom. The number of rotatable bonds is 15. The smallest absolute Gasteiger partial charge is 0.349 e. The maximum Gasteiger partial charge on any atom is 0.349 e. The first-order valence-electron chi connectivity index (χ1n) is 14.2. The number of carboxylic acids is 2. The number of carbonyl (C=O) groups excluding carboxylic acids is 3. The summed E-state index contributed by atoms with van der Waals surface area (Å²) in [4.78, 5) is 58.1. The SMILES string of the molecule is CCNC[C@@H](O)COc1ccc(CC(N)=O)cc1.Cc1ccc(C(=O)O[C@H](C(=O)O)[C@@H](OC(=O)c2ccc(C)cc2)C(=O)O)cc1. The van der Waals surface area contributed by atoms with Gasteiger partial charge >= 0.3 is 23.9 Å². The zero-order valence-corrected chi connectivity index (χ0v) is 25.7. The molecule has 0 heterocycles. The molecule has 46 heavy (non-hydrogen) atoms. The van der Waals surface area contributed by atoms with Gasteiger partial charge < -0.3 is 40.6 Å². The molecule has 3 rings (SSSR count). The van der Waals surface area contributed by atoms with Crippen LogP contribution in [-0.4, -0.2) is 83.1 Å². The summed E-state index contributed by atoms with van der Waals surface area (Å²) in [5.41, 5.74) is 7.74. The number of hydrogen-bond donors (Lipinski definition) is 5. The highest BCUT2D eigenvalue weighted by Gasteiger charge is 2.41. The van der Waals surface area contributed by atoms with Crippen LogP contribution in [0.15, 0.2) is 72.8 Å². The number of aliphatic hydroxyl groups excluding tert-OH is 1. The lowest BCUT2D eigenvalue weighted by Gasteiger charge is -2.21. The molecule has 0 aliphatic carbocycles. The number of aliphatic carboxylic acids is 2. The number of likely N-dealkylation sites (N-methyl/N-ethyl adjacent to an activating group) is 1. The zero-order valence-electron chi connectivity index (χ0n) is 25.7. The van der Waals surface area contributed by atoms with E-state index < -0.39 is 42.2 Å². The van der Waals surface area contributed by atoms with Gasteiger partial charge in [0.15, 0.2) is 0 Å². The molecule has 3 aromatic carbocycles. The molecule has 13 nitrogen and oxygen atoms in total. The monoisotopic (exact) mass is 638 g/mol. The van der Waals surface area contributed by atoms with E-state index in [1.807, 2.05) is 6.92 Å². The van der Waals surface area contributed by atoms with Crippen LogP contribution in [0.1, 0.15) is 44.3 Å². The summed E-state index contributed by atoms with van der Waals surface area (Å²) in [6, 6.07) is 19.2. The second-order valence-corrected chi connectivity index (χ2v) is 10.1. The third kappa shape index (κ3) is 12.8. The minimum atomic E-state index is -2.22. The van der Waals surface area contributed by atoms with Crippen LogP contribution in [0.3, 0.4) is 0 Å². The molecule has 0 spiro atoms. The van der Waals surface area contributed by atoms with Gasteiger partial charge in [0.25, 0.3) is 0 Å². The molecule has 0 saturated carbocycles. The van der Waals surface area contributed by atoms with Crippen molar-refractivity contribution in [3.63, 3.8) is 0 Å². The molecule has 1 amide bonds. The summed E-state index contributed by atoms with van der Waals surface area (Å²) in [5, 5.41) is 31.2. The lowest BCUT2D eigenvalue weighted by Crippen LogP contribution is -2.45. The second-order valence-electron chi connectivity index (χ2n) is 10.1. The van der Waals surface area contributed by atoms with Crippen molar-refractivity contribution in [2.24, 2.45) is 5.73 Å². The molecule has 0 aliphatic rings. The molecule has 3 aromatic rings. The van der Waals surface area contributed by atoms with Crippen molar-refractivity contribution in [3.8, 4) is 5.75 Å². The van der Waals surface area contributed by atoms with Crippen molar-refractivity contribution in [1.82, 2.24) is 5.32 Å². The van der Waals surface area contributed by atoms with E-state index in [2.05, 4.69) is 5.32 Å². The molecule has 13 heteroatoms. The maximum absolute atomic E-state index is 12.2. The van der Waals surface area contributed by atoms with E-state index in [0.717, 1.165) is 23.2 Å². The van der Waals surface area contributed by atoms with Crippen molar-refractivity contribution >= 4 is 29.8 Å². The van der Waals surface area contributed by atoms with Gasteiger partial charge in [-0.2, -0.15) is 0 Å². The van der Waals surface area contributed by atoms with Gasteiger partial charge in [0.2, 0.25) is 18.1 Å². The van der Waals surface area contributed by atoms with E-state index in [1.54, 1.807) is 62.4 Å². The molecule has 0 aromatic heterocycles. The van der Waals surface area contributed by atoms with Crippen LogP contribution in [0.4, 0.5) is 0 Å². The van der Waals surface area contributed by atoms with E-state index in [0.29, 0.717) is 12.3 Å². The van der Waals surface area contributed by atoms with Gasteiger partial charge in [-0.1, -0.05) is 54.4 Å². The van der Waals surface area contributed by atoms with Gasteiger partial charge in [0, 0.05) is 6.54 Å². The number of esters is 2. The van der Waals surface area contributed by atoms with Crippen LogP contribution >= 0.6 is 0 Å². The fourth-order valence-corrected chi connectivity index (χ4v) is 3.70. The normalized spacial score (nSPS) is 12.3. The largest absolute Gasteiger partial charge is 0.491 e. The van der Waals surface area contributed by atoms with Gasteiger partial charge in [-0.15, -0.1) is 0 Å². The van der Waals surface area contributed by atoms with E-state index in [9.17, 15) is 39.3 Å². The van der Waals surface area contributed by atoms with Crippen LogP contribution in [0.5, 0.6) is 5.75 Å². The summed E-state index contributed by atoms with van der Waals surface area (Å²) in [7, 11) is 0. The van der Waals surface area contributed by atoms with Crippen molar-refractivity contribution in [2.45, 2.75) is 45.5 Å². The lowest BCUT2D eigenvalue weighted by molar-refractivity contribution is -0.166. The fourth-order valence-electron chi connectivity index (χ4n) is 3.70. The quantitative estimate of drug-likeness (QED) is 0.152. The molecule has 3 atom stereocenters. The number of carboxylic acid groups (broad SMARTS) is 2. The second kappa shape index (κ2) is 18.5. The molecule has 6 N–H and O–H groups in total. The van der Waals surface area contributed by atoms with Crippen molar-refractivity contribution in [2.75, 3.05) is 19.7 Å². The summed E-state index contributed by atoms with van der Waals surface area (Å²) >= 11 is 0. The Balaban J connectivity index is 0.000000353. The van der Waals surface area contributed by atoms with Crippen LogP contribution in [0, 0.1) is 13.8 Å². The molecular formula is C33H38N2O11. The van der Waals surface area contributed by atoms with Gasteiger partial charge in [-0.3, -0.25) is 4.79 Å². The average Bonchev–Trinajstić information content (AvgIpc) is 3.01.